The lowest BCUT2D eigenvalue weighted by atomic mass is 9.94. The number of hydrogen-bond acceptors (Lipinski definition) is 5. The topological polar surface area (TPSA) is 71.8 Å². The number of hydrogen-bond donors (Lipinski definition) is 2. The van der Waals surface area contributed by atoms with Crippen molar-refractivity contribution in [2.24, 2.45) is 0 Å². The van der Waals surface area contributed by atoms with Gasteiger partial charge in [0, 0.05) is 22.2 Å². The van der Waals surface area contributed by atoms with Crippen LogP contribution in [0, 0.1) is 20.8 Å². The molecule has 1 aliphatic heterocycles. The molecule has 4 aromatic rings. The van der Waals surface area contributed by atoms with E-state index in [0.29, 0.717) is 27.5 Å². The molecule has 6 nitrogen and oxygen atoms in total. The van der Waals surface area contributed by atoms with Crippen LogP contribution in [-0.4, -0.2) is 20.7 Å². The maximum atomic E-state index is 13.7. The number of carbonyl (C=O) groups is 1. The van der Waals surface area contributed by atoms with Gasteiger partial charge in [0.05, 0.1) is 5.57 Å². The number of allylic oxidation sites excluding steroid dienone is 1. The first-order chi connectivity index (χ1) is 17.8. The number of nitrogens with one attached hydrogen (secondary N) is 2. The van der Waals surface area contributed by atoms with Crippen LogP contribution in [-0.2, 0) is 10.5 Å². The molecule has 188 valence electrons. The van der Waals surface area contributed by atoms with Crippen molar-refractivity contribution >= 4 is 40.9 Å². The Morgan fingerprint density at radius 1 is 1.03 bits per heavy atom. The van der Waals surface area contributed by atoms with Crippen LogP contribution in [0.4, 0.5) is 11.6 Å². The molecule has 1 amide bonds. The summed E-state index contributed by atoms with van der Waals surface area (Å²) in [6, 6.07) is 21.6. The molecule has 0 saturated carbocycles. The summed E-state index contributed by atoms with van der Waals surface area (Å²) in [7, 11) is 0. The normalized spacial score (nSPS) is 14.8. The van der Waals surface area contributed by atoms with E-state index in [4.69, 9.17) is 21.7 Å². The third-order valence-electron chi connectivity index (χ3n) is 6.36. The van der Waals surface area contributed by atoms with Gasteiger partial charge < -0.3 is 10.6 Å². The number of aryl methyl sites for hydroxylation is 3. The number of halogens is 1. The van der Waals surface area contributed by atoms with Gasteiger partial charge in [0.2, 0.25) is 11.1 Å². The van der Waals surface area contributed by atoms with E-state index in [1.54, 1.807) is 0 Å². The second kappa shape index (κ2) is 10.4. The maximum Gasteiger partial charge on any atom is 0.255 e. The van der Waals surface area contributed by atoms with Crippen molar-refractivity contribution in [3.63, 3.8) is 0 Å². The predicted octanol–water partition coefficient (Wildman–Crippen LogP) is 7.08. The standard InChI is InChI=1S/C29H28ClN5OS/c1-17-8-11-22(12-9-17)26-25(27(36)32-24-13-10-18(2)14-19(24)3)20(4)31-28-33-29(34-35(26)28)37-16-21-6-5-7-23(30)15-21/h5-15,26H,16H2,1-4H3,(H,32,36)(H,31,33,34). The van der Waals surface area contributed by atoms with E-state index in [0.717, 1.165) is 39.2 Å². The van der Waals surface area contributed by atoms with E-state index in [-0.39, 0.29) is 5.91 Å². The van der Waals surface area contributed by atoms with E-state index < -0.39 is 6.04 Å². The average molecular weight is 530 g/mol. The molecule has 8 heteroatoms. The number of benzene rings is 3. The first-order valence-electron chi connectivity index (χ1n) is 12.1. The molecule has 0 fully saturated rings. The third kappa shape index (κ3) is 5.43. The Balaban J connectivity index is 1.49. The largest absolute Gasteiger partial charge is 0.328 e. The van der Waals surface area contributed by atoms with Gasteiger partial charge in [-0.15, -0.1) is 5.10 Å². The second-order valence-electron chi connectivity index (χ2n) is 9.33. The molecular formula is C29H28ClN5OS. The molecule has 37 heavy (non-hydrogen) atoms. The Hall–Kier alpha value is -3.55. The molecule has 0 spiro atoms. The molecule has 0 aliphatic carbocycles. The molecule has 0 radical (unpaired) electrons. The summed E-state index contributed by atoms with van der Waals surface area (Å²) in [5, 5.41) is 12.6. The molecule has 2 N–H and O–H groups in total. The molecule has 1 aliphatic rings. The Morgan fingerprint density at radius 2 is 1.78 bits per heavy atom. The fourth-order valence-electron chi connectivity index (χ4n) is 4.46. The van der Waals surface area contributed by atoms with Gasteiger partial charge in [-0.25, -0.2) is 4.68 Å². The second-order valence-corrected chi connectivity index (χ2v) is 10.7. The van der Waals surface area contributed by atoms with Crippen molar-refractivity contribution in [3.05, 3.63) is 111 Å². The summed E-state index contributed by atoms with van der Waals surface area (Å²) in [6.45, 7) is 8.00. The monoisotopic (exact) mass is 529 g/mol. The highest BCUT2D eigenvalue weighted by atomic mass is 35.5. The molecule has 5 rings (SSSR count). The molecule has 0 bridgehead atoms. The minimum atomic E-state index is -0.421. The SMILES string of the molecule is CC1=C(C(=O)Nc2ccc(C)cc2C)C(c2ccc(C)cc2)n2nc(SCc3cccc(Cl)c3)nc2N1. The van der Waals surface area contributed by atoms with E-state index in [9.17, 15) is 4.79 Å². The summed E-state index contributed by atoms with van der Waals surface area (Å²) in [6.07, 6.45) is 0. The van der Waals surface area contributed by atoms with E-state index in [2.05, 4.69) is 28.8 Å². The van der Waals surface area contributed by atoms with E-state index in [1.165, 1.54) is 11.8 Å². The fraction of sp³-hybridized carbons (Fsp3) is 0.207. The zero-order chi connectivity index (χ0) is 26.1. The van der Waals surface area contributed by atoms with Crippen molar-refractivity contribution in [1.29, 1.82) is 0 Å². The highest BCUT2D eigenvalue weighted by Crippen LogP contribution is 2.37. The van der Waals surface area contributed by atoms with Crippen LogP contribution < -0.4 is 10.6 Å². The van der Waals surface area contributed by atoms with Gasteiger partial charge >= 0.3 is 0 Å². The van der Waals surface area contributed by atoms with Crippen LogP contribution in [0.1, 0.15) is 40.8 Å². The number of amides is 1. The number of anilines is 2. The van der Waals surface area contributed by atoms with Crippen molar-refractivity contribution in [2.45, 2.75) is 44.6 Å². The first-order valence-corrected chi connectivity index (χ1v) is 13.4. The van der Waals surface area contributed by atoms with Crippen LogP contribution in [0.25, 0.3) is 0 Å². The predicted molar refractivity (Wildman–Crippen MR) is 151 cm³/mol. The zero-order valence-electron chi connectivity index (χ0n) is 21.2. The van der Waals surface area contributed by atoms with Crippen LogP contribution in [0.5, 0.6) is 0 Å². The molecule has 0 saturated heterocycles. The summed E-state index contributed by atoms with van der Waals surface area (Å²) in [4.78, 5) is 18.5. The quantitative estimate of drug-likeness (QED) is 0.261. The summed E-state index contributed by atoms with van der Waals surface area (Å²) >= 11 is 7.68. The van der Waals surface area contributed by atoms with Crippen LogP contribution in [0.3, 0.4) is 0 Å². The highest BCUT2D eigenvalue weighted by Gasteiger charge is 2.34. The van der Waals surface area contributed by atoms with Crippen molar-refractivity contribution in [1.82, 2.24) is 14.8 Å². The van der Waals surface area contributed by atoms with Gasteiger partial charge in [-0.1, -0.05) is 83.0 Å². The molecular weight excluding hydrogens is 502 g/mol. The molecule has 1 atom stereocenters. The van der Waals surface area contributed by atoms with Gasteiger partial charge in [-0.05, 0) is 62.6 Å². The van der Waals surface area contributed by atoms with Gasteiger partial charge in [-0.2, -0.15) is 4.98 Å². The first kappa shape index (κ1) is 25.1. The van der Waals surface area contributed by atoms with Gasteiger partial charge in [-0.3, -0.25) is 4.79 Å². The average Bonchev–Trinajstić information content (AvgIpc) is 3.26. The summed E-state index contributed by atoms with van der Waals surface area (Å²) in [5.74, 6) is 1.13. The number of aromatic nitrogens is 3. The number of thioether (sulfide) groups is 1. The minimum absolute atomic E-state index is 0.170. The van der Waals surface area contributed by atoms with Gasteiger partial charge in [0.15, 0.2) is 0 Å². The minimum Gasteiger partial charge on any atom is -0.328 e. The van der Waals surface area contributed by atoms with Crippen molar-refractivity contribution < 1.29 is 4.79 Å². The lowest BCUT2D eigenvalue weighted by Gasteiger charge is -2.29. The van der Waals surface area contributed by atoms with Crippen molar-refractivity contribution in [2.75, 3.05) is 10.6 Å². The van der Waals surface area contributed by atoms with E-state index in [1.807, 2.05) is 80.9 Å². The number of rotatable bonds is 6. The van der Waals surface area contributed by atoms with Gasteiger partial charge in [0.25, 0.3) is 5.91 Å². The Kier molecular flexibility index (Phi) is 7.09. The Bertz CT molecular complexity index is 1510. The molecule has 1 unspecified atom stereocenters. The summed E-state index contributed by atoms with van der Waals surface area (Å²) < 4.78 is 1.81. The zero-order valence-corrected chi connectivity index (χ0v) is 22.7. The van der Waals surface area contributed by atoms with Crippen LogP contribution in [0.2, 0.25) is 5.02 Å². The molecule has 2 heterocycles. The maximum absolute atomic E-state index is 13.7. The summed E-state index contributed by atoms with van der Waals surface area (Å²) in [5.41, 5.74) is 7.52. The molecule has 3 aromatic carbocycles. The lowest BCUT2D eigenvalue weighted by Crippen LogP contribution is -2.31. The van der Waals surface area contributed by atoms with Gasteiger partial charge in [0.1, 0.15) is 6.04 Å². The van der Waals surface area contributed by atoms with Crippen LogP contribution in [0.15, 0.2) is 83.2 Å². The van der Waals surface area contributed by atoms with E-state index >= 15 is 0 Å². The Morgan fingerprint density at radius 3 is 2.51 bits per heavy atom. The number of nitrogens with zero attached hydrogens (tertiary/aromatic N) is 3. The number of carbonyl (C=O) groups excluding carboxylic acids is 1. The molecule has 1 aromatic heterocycles. The van der Waals surface area contributed by atoms with Crippen LogP contribution >= 0.6 is 23.4 Å². The lowest BCUT2D eigenvalue weighted by molar-refractivity contribution is -0.113. The smallest absolute Gasteiger partial charge is 0.255 e. The number of fused-ring (bicyclic) bond motifs is 1. The Labute approximate surface area is 226 Å². The third-order valence-corrected chi connectivity index (χ3v) is 7.50. The fourth-order valence-corrected chi connectivity index (χ4v) is 5.45. The van der Waals surface area contributed by atoms with Crippen molar-refractivity contribution in [3.8, 4) is 0 Å². The highest BCUT2D eigenvalue weighted by molar-refractivity contribution is 7.98.